The molecule has 1 aliphatic rings. The van der Waals surface area contributed by atoms with Crippen molar-refractivity contribution in [2.24, 2.45) is 5.10 Å². The monoisotopic (exact) mass is 355 g/mol. The molecule has 5 heteroatoms. The van der Waals surface area contributed by atoms with Crippen molar-refractivity contribution in [3.05, 3.63) is 65.2 Å². The van der Waals surface area contributed by atoms with E-state index in [0.29, 0.717) is 5.03 Å². The summed E-state index contributed by atoms with van der Waals surface area (Å²) in [7, 11) is 1.71. The highest BCUT2D eigenvalue weighted by atomic mass is 35.5. The molecule has 0 bridgehead atoms. The van der Waals surface area contributed by atoms with Gasteiger partial charge >= 0.3 is 0 Å². The number of piperazine rings is 1. The second kappa shape index (κ2) is 8.58. The number of methoxy groups -OCH3 is 1. The van der Waals surface area contributed by atoms with Crippen LogP contribution in [0.15, 0.2) is 64.7 Å². The van der Waals surface area contributed by atoms with Crippen molar-refractivity contribution in [3.63, 3.8) is 0 Å². The number of allylic oxidation sites excluding steroid dienone is 1. The number of anilines is 1. The van der Waals surface area contributed by atoms with Gasteiger partial charge in [-0.05, 0) is 23.8 Å². The van der Waals surface area contributed by atoms with Gasteiger partial charge in [0.2, 0.25) is 0 Å². The van der Waals surface area contributed by atoms with Crippen molar-refractivity contribution in [3.8, 4) is 5.75 Å². The second-order valence-electron chi connectivity index (χ2n) is 5.80. The Bertz CT molecular complexity index is 738. The van der Waals surface area contributed by atoms with Gasteiger partial charge in [0.25, 0.3) is 0 Å². The molecule has 0 radical (unpaired) electrons. The summed E-state index contributed by atoms with van der Waals surface area (Å²) in [4.78, 5) is 2.33. The molecule has 1 aliphatic heterocycles. The Balaban J connectivity index is 1.56. The molecule has 0 saturated carbocycles. The van der Waals surface area contributed by atoms with Gasteiger partial charge in [-0.25, -0.2) is 0 Å². The number of ether oxygens (including phenoxy) is 1. The molecule has 0 unspecified atom stereocenters. The Morgan fingerprint density at radius 3 is 2.40 bits per heavy atom. The lowest BCUT2D eigenvalue weighted by molar-refractivity contribution is 0.271. The first-order valence-corrected chi connectivity index (χ1v) is 8.73. The largest absolute Gasteiger partial charge is 0.495 e. The maximum atomic E-state index is 6.26. The molecule has 0 N–H and O–H groups in total. The van der Waals surface area contributed by atoms with Crippen molar-refractivity contribution in [2.75, 3.05) is 38.2 Å². The zero-order valence-corrected chi connectivity index (χ0v) is 15.1. The first kappa shape index (κ1) is 17.4. The third kappa shape index (κ3) is 4.77. The summed E-state index contributed by atoms with van der Waals surface area (Å²) in [6, 6.07) is 18.1. The molecule has 0 aliphatic carbocycles. The maximum absolute atomic E-state index is 6.26. The van der Waals surface area contributed by atoms with Crippen molar-refractivity contribution in [2.45, 2.75) is 0 Å². The normalized spacial score (nSPS) is 15.7. The third-order valence-corrected chi connectivity index (χ3v) is 4.34. The van der Waals surface area contributed by atoms with Gasteiger partial charge in [0.05, 0.1) is 37.1 Å². The van der Waals surface area contributed by atoms with Crippen molar-refractivity contribution >= 4 is 29.6 Å². The first-order chi connectivity index (χ1) is 12.3. The zero-order valence-electron chi connectivity index (χ0n) is 14.3. The molecule has 3 rings (SSSR count). The lowest BCUT2D eigenvalue weighted by atomic mass is 10.2. The molecular formula is C20H22ClN3O. The first-order valence-electron chi connectivity index (χ1n) is 8.35. The Morgan fingerprint density at radius 1 is 1.00 bits per heavy atom. The van der Waals surface area contributed by atoms with Gasteiger partial charge in [-0.15, -0.1) is 0 Å². The molecule has 0 amide bonds. The fourth-order valence-corrected chi connectivity index (χ4v) is 3.00. The molecule has 0 atom stereocenters. The molecule has 1 heterocycles. The van der Waals surface area contributed by atoms with Crippen LogP contribution in [0, 0.1) is 0 Å². The van der Waals surface area contributed by atoms with E-state index in [4.69, 9.17) is 16.3 Å². The van der Waals surface area contributed by atoms with Gasteiger partial charge in [0.15, 0.2) is 0 Å². The van der Waals surface area contributed by atoms with E-state index in [0.717, 1.165) is 43.2 Å². The Kier molecular flexibility index (Phi) is 5.96. The minimum absolute atomic E-state index is 0.623. The average molecular weight is 356 g/mol. The van der Waals surface area contributed by atoms with Crippen LogP contribution in [0.2, 0.25) is 0 Å². The molecular weight excluding hydrogens is 334 g/mol. The Hall–Kier alpha value is -2.46. The summed E-state index contributed by atoms with van der Waals surface area (Å²) in [6.07, 6.45) is 3.63. The van der Waals surface area contributed by atoms with Crippen LogP contribution in [0.1, 0.15) is 5.56 Å². The Labute approximate surface area is 154 Å². The van der Waals surface area contributed by atoms with Gasteiger partial charge in [-0.1, -0.05) is 54.1 Å². The number of hydrogen-bond donors (Lipinski definition) is 0. The van der Waals surface area contributed by atoms with E-state index in [1.165, 1.54) is 0 Å². The minimum Gasteiger partial charge on any atom is -0.495 e. The van der Waals surface area contributed by atoms with Crippen LogP contribution in [-0.2, 0) is 0 Å². The number of hydrazone groups is 1. The number of benzene rings is 2. The van der Waals surface area contributed by atoms with E-state index in [2.05, 4.69) is 16.1 Å². The highest BCUT2D eigenvalue weighted by molar-refractivity contribution is 6.41. The fourth-order valence-electron chi connectivity index (χ4n) is 2.83. The van der Waals surface area contributed by atoms with Crippen LogP contribution in [0.3, 0.4) is 0 Å². The van der Waals surface area contributed by atoms with Crippen molar-refractivity contribution < 1.29 is 4.74 Å². The number of hydrogen-bond acceptors (Lipinski definition) is 4. The SMILES string of the molecule is COc1ccccc1N1CCN(/N=C/C(Cl)=C\c2ccccc2)CC1. The van der Waals surface area contributed by atoms with E-state index in [9.17, 15) is 0 Å². The third-order valence-electron chi connectivity index (χ3n) is 4.13. The standard InChI is InChI=1S/C20H22ClN3O/c1-25-20-10-6-5-9-19(20)23-11-13-24(14-12-23)22-16-18(21)15-17-7-3-2-4-8-17/h2-10,15-16H,11-14H2,1H3/b18-15+,22-16+. The van der Waals surface area contributed by atoms with Gasteiger partial charge in [-0.3, -0.25) is 5.01 Å². The predicted molar refractivity (Wildman–Crippen MR) is 106 cm³/mol. The number of halogens is 1. The lowest BCUT2D eigenvalue weighted by Gasteiger charge is -2.35. The van der Waals surface area contributed by atoms with Crippen LogP contribution in [0.4, 0.5) is 5.69 Å². The number of para-hydroxylation sites is 2. The van der Waals surface area contributed by atoms with Crippen LogP contribution < -0.4 is 9.64 Å². The summed E-state index contributed by atoms with van der Waals surface area (Å²) in [5.41, 5.74) is 2.20. The number of rotatable bonds is 5. The van der Waals surface area contributed by atoms with Crippen molar-refractivity contribution in [1.82, 2.24) is 5.01 Å². The summed E-state index contributed by atoms with van der Waals surface area (Å²) in [5, 5.41) is 7.17. The highest BCUT2D eigenvalue weighted by Crippen LogP contribution is 2.28. The van der Waals surface area contributed by atoms with E-state index < -0.39 is 0 Å². The molecule has 0 aromatic heterocycles. The Morgan fingerprint density at radius 2 is 1.68 bits per heavy atom. The molecule has 0 spiro atoms. The quantitative estimate of drug-likeness (QED) is 0.756. The zero-order chi connectivity index (χ0) is 17.5. The van der Waals surface area contributed by atoms with E-state index in [1.54, 1.807) is 13.3 Å². The molecule has 1 fully saturated rings. The van der Waals surface area contributed by atoms with Crippen molar-refractivity contribution in [1.29, 1.82) is 0 Å². The average Bonchev–Trinajstić information content (AvgIpc) is 2.67. The summed E-state index contributed by atoms with van der Waals surface area (Å²) >= 11 is 6.26. The molecule has 2 aromatic carbocycles. The minimum atomic E-state index is 0.623. The lowest BCUT2D eigenvalue weighted by Crippen LogP contribution is -2.44. The summed E-state index contributed by atoms with van der Waals surface area (Å²) < 4.78 is 5.45. The molecule has 4 nitrogen and oxygen atoms in total. The van der Waals surface area contributed by atoms with E-state index in [-0.39, 0.29) is 0 Å². The fraction of sp³-hybridized carbons (Fsp3) is 0.250. The molecule has 130 valence electrons. The van der Waals surface area contributed by atoms with E-state index in [1.807, 2.05) is 59.6 Å². The number of nitrogens with zero attached hydrogens (tertiary/aromatic N) is 3. The molecule has 2 aromatic rings. The second-order valence-corrected chi connectivity index (χ2v) is 6.23. The predicted octanol–water partition coefficient (Wildman–Crippen LogP) is 4.08. The highest BCUT2D eigenvalue weighted by Gasteiger charge is 2.18. The molecule has 1 saturated heterocycles. The van der Waals surface area contributed by atoms with Gasteiger partial charge < -0.3 is 9.64 Å². The molecule has 25 heavy (non-hydrogen) atoms. The van der Waals surface area contributed by atoms with Crippen LogP contribution in [0.25, 0.3) is 6.08 Å². The summed E-state index contributed by atoms with van der Waals surface area (Å²) in [6.45, 7) is 3.50. The van der Waals surface area contributed by atoms with Gasteiger partial charge in [-0.2, -0.15) is 5.10 Å². The van der Waals surface area contributed by atoms with Crippen LogP contribution in [-0.4, -0.2) is 44.5 Å². The van der Waals surface area contributed by atoms with E-state index >= 15 is 0 Å². The topological polar surface area (TPSA) is 28.1 Å². The van der Waals surface area contributed by atoms with Gasteiger partial charge in [0, 0.05) is 13.1 Å². The maximum Gasteiger partial charge on any atom is 0.142 e. The smallest absolute Gasteiger partial charge is 0.142 e. The van der Waals surface area contributed by atoms with Crippen LogP contribution >= 0.6 is 11.6 Å². The summed E-state index contributed by atoms with van der Waals surface area (Å²) in [5.74, 6) is 0.910. The van der Waals surface area contributed by atoms with Crippen LogP contribution in [0.5, 0.6) is 5.75 Å². The van der Waals surface area contributed by atoms with Gasteiger partial charge in [0.1, 0.15) is 5.75 Å².